The monoisotopic (exact) mass is 285 g/mol. The molecule has 0 amide bonds. The lowest BCUT2D eigenvalue weighted by Gasteiger charge is -2.17. The van der Waals surface area contributed by atoms with Crippen LogP contribution in [0.15, 0.2) is 59.6 Å². The van der Waals surface area contributed by atoms with Gasteiger partial charge >= 0.3 is 0 Å². The first-order chi connectivity index (χ1) is 10.1. The van der Waals surface area contributed by atoms with Crippen LogP contribution in [0.1, 0.15) is 11.1 Å². The Morgan fingerprint density at radius 3 is 2.29 bits per heavy atom. The second kappa shape index (κ2) is 7.43. The third kappa shape index (κ3) is 4.91. The van der Waals surface area contributed by atoms with Crippen molar-refractivity contribution in [3.63, 3.8) is 0 Å². The maximum atomic E-state index is 12.9. The summed E-state index contributed by atoms with van der Waals surface area (Å²) in [6.45, 7) is 1.25. The predicted octanol–water partition coefficient (Wildman–Crippen LogP) is 3.03. The Kier molecular flexibility index (Phi) is 5.32. The second-order valence-electron chi connectivity index (χ2n) is 5.00. The van der Waals surface area contributed by atoms with Gasteiger partial charge in [0.1, 0.15) is 5.82 Å². The lowest BCUT2D eigenvalue weighted by molar-refractivity contribution is 0.578. The molecule has 4 heteroatoms. The van der Waals surface area contributed by atoms with E-state index in [0.717, 1.165) is 11.5 Å². The Hall–Kier alpha value is -2.36. The molecular weight excluding hydrogens is 265 g/mol. The van der Waals surface area contributed by atoms with Gasteiger partial charge in [0.05, 0.1) is 6.54 Å². The Balaban J connectivity index is 1.97. The molecule has 21 heavy (non-hydrogen) atoms. The van der Waals surface area contributed by atoms with Crippen molar-refractivity contribution >= 4 is 5.96 Å². The number of hydrogen-bond donors (Lipinski definition) is 1. The molecule has 1 N–H and O–H groups in total. The first kappa shape index (κ1) is 15.0. The predicted molar refractivity (Wildman–Crippen MR) is 84.5 cm³/mol. The van der Waals surface area contributed by atoms with E-state index >= 15 is 0 Å². The van der Waals surface area contributed by atoms with Gasteiger partial charge in [0, 0.05) is 20.6 Å². The van der Waals surface area contributed by atoms with E-state index in [1.807, 2.05) is 37.2 Å². The van der Waals surface area contributed by atoms with Crippen molar-refractivity contribution in [1.29, 1.82) is 0 Å². The van der Waals surface area contributed by atoms with Crippen LogP contribution in [0.4, 0.5) is 4.39 Å². The molecule has 0 saturated heterocycles. The molecule has 0 fully saturated rings. The highest BCUT2D eigenvalue weighted by Gasteiger charge is 2.02. The lowest BCUT2D eigenvalue weighted by Crippen LogP contribution is -2.36. The Morgan fingerprint density at radius 1 is 1.00 bits per heavy atom. The molecule has 0 aliphatic rings. The molecule has 2 aromatic rings. The van der Waals surface area contributed by atoms with Crippen molar-refractivity contribution in [2.24, 2.45) is 4.99 Å². The summed E-state index contributed by atoms with van der Waals surface area (Å²) in [7, 11) is 3.89. The molecule has 0 spiro atoms. The standard InChI is InChI=1S/C17H20FN3/c1-21(2)17(19-12-14-6-4-3-5-7-14)20-13-15-8-10-16(18)11-9-15/h3-11H,12-13H2,1-2H3,(H,19,20). The van der Waals surface area contributed by atoms with E-state index in [9.17, 15) is 4.39 Å². The molecule has 0 atom stereocenters. The highest BCUT2D eigenvalue weighted by atomic mass is 19.1. The van der Waals surface area contributed by atoms with Crippen LogP contribution in [-0.2, 0) is 13.1 Å². The molecule has 2 rings (SSSR count). The van der Waals surface area contributed by atoms with Gasteiger partial charge in [-0.25, -0.2) is 9.38 Å². The first-order valence-electron chi connectivity index (χ1n) is 6.89. The number of rotatable bonds is 4. The summed E-state index contributed by atoms with van der Waals surface area (Å²) >= 11 is 0. The maximum absolute atomic E-state index is 12.9. The minimum Gasteiger partial charge on any atom is -0.352 e. The van der Waals surface area contributed by atoms with Gasteiger partial charge in [0.2, 0.25) is 0 Å². The number of benzene rings is 2. The first-order valence-corrected chi connectivity index (χ1v) is 6.89. The van der Waals surface area contributed by atoms with E-state index in [0.29, 0.717) is 13.1 Å². The van der Waals surface area contributed by atoms with E-state index in [1.54, 1.807) is 12.1 Å². The van der Waals surface area contributed by atoms with Gasteiger partial charge in [-0.15, -0.1) is 0 Å². The summed E-state index contributed by atoms with van der Waals surface area (Å²) in [5.41, 5.74) is 2.19. The van der Waals surface area contributed by atoms with Crippen LogP contribution >= 0.6 is 0 Å². The van der Waals surface area contributed by atoms with Gasteiger partial charge in [0.25, 0.3) is 0 Å². The molecule has 2 aromatic carbocycles. The molecule has 0 aromatic heterocycles. The quantitative estimate of drug-likeness (QED) is 0.690. The molecular formula is C17H20FN3. The fraction of sp³-hybridized carbons (Fsp3) is 0.235. The third-order valence-corrected chi connectivity index (χ3v) is 3.04. The van der Waals surface area contributed by atoms with E-state index in [4.69, 9.17) is 0 Å². The molecule has 0 bridgehead atoms. The highest BCUT2D eigenvalue weighted by Crippen LogP contribution is 2.03. The van der Waals surface area contributed by atoms with Crippen molar-refractivity contribution in [2.75, 3.05) is 14.1 Å². The summed E-state index contributed by atoms with van der Waals surface area (Å²) in [6, 6.07) is 16.6. The molecule has 0 saturated carbocycles. The molecule has 110 valence electrons. The summed E-state index contributed by atoms with van der Waals surface area (Å²) < 4.78 is 12.9. The van der Waals surface area contributed by atoms with Gasteiger partial charge in [-0.2, -0.15) is 0 Å². The smallest absolute Gasteiger partial charge is 0.194 e. The second-order valence-corrected chi connectivity index (χ2v) is 5.00. The van der Waals surface area contributed by atoms with Crippen LogP contribution in [0.3, 0.4) is 0 Å². The minimum atomic E-state index is -0.218. The van der Waals surface area contributed by atoms with Crippen LogP contribution in [0, 0.1) is 5.82 Å². The van der Waals surface area contributed by atoms with Crippen LogP contribution in [0.5, 0.6) is 0 Å². The Bertz CT molecular complexity index is 577. The van der Waals surface area contributed by atoms with Crippen LogP contribution in [0.25, 0.3) is 0 Å². The van der Waals surface area contributed by atoms with E-state index in [2.05, 4.69) is 22.4 Å². The fourth-order valence-electron chi connectivity index (χ4n) is 1.89. The zero-order valence-electron chi connectivity index (χ0n) is 12.4. The van der Waals surface area contributed by atoms with Crippen molar-refractivity contribution in [3.05, 3.63) is 71.5 Å². The molecule has 0 radical (unpaired) electrons. The Labute approximate surface area is 125 Å². The van der Waals surface area contributed by atoms with Crippen molar-refractivity contribution in [3.8, 4) is 0 Å². The average Bonchev–Trinajstić information content (AvgIpc) is 2.49. The number of hydrogen-bond acceptors (Lipinski definition) is 1. The number of guanidine groups is 1. The maximum Gasteiger partial charge on any atom is 0.194 e. The number of nitrogens with zero attached hydrogens (tertiary/aromatic N) is 2. The number of halogens is 1. The van der Waals surface area contributed by atoms with Gasteiger partial charge in [0.15, 0.2) is 5.96 Å². The largest absolute Gasteiger partial charge is 0.352 e. The number of aliphatic imine (C=N–C) groups is 1. The lowest BCUT2D eigenvalue weighted by atomic mass is 10.2. The highest BCUT2D eigenvalue weighted by molar-refractivity contribution is 5.79. The van der Waals surface area contributed by atoms with Crippen molar-refractivity contribution in [2.45, 2.75) is 13.1 Å². The van der Waals surface area contributed by atoms with E-state index in [1.165, 1.54) is 17.7 Å². The Morgan fingerprint density at radius 2 is 1.67 bits per heavy atom. The molecule has 0 unspecified atom stereocenters. The van der Waals surface area contributed by atoms with Crippen molar-refractivity contribution in [1.82, 2.24) is 10.2 Å². The molecule has 0 heterocycles. The SMILES string of the molecule is CN(C)C(=NCc1ccccc1)NCc1ccc(F)cc1. The zero-order chi connectivity index (χ0) is 15.1. The number of nitrogens with one attached hydrogen (secondary N) is 1. The topological polar surface area (TPSA) is 27.6 Å². The summed E-state index contributed by atoms with van der Waals surface area (Å²) in [6.07, 6.45) is 0. The van der Waals surface area contributed by atoms with Gasteiger partial charge in [-0.3, -0.25) is 0 Å². The summed E-state index contributed by atoms with van der Waals surface area (Å²) in [4.78, 5) is 6.52. The summed E-state index contributed by atoms with van der Waals surface area (Å²) in [5.74, 6) is 0.590. The normalized spacial score (nSPS) is 11.3. The van der Waals surface area contributed by atoms with Gasteiger partial charge in [-0.05, 0) is 23.3 Å². The minimum absolute atomic E-state index is 0.218. The molecule has 0 aliphatic heterocycles. The fourth-order valence-corrected chi connectivity index (χ4v) is 1.89. The molecule has 3 nitrogen and oxygen atoms in total. The van der Waals surface area contributed by atoms with Crippen LogP contribution in [0.2, 0.25) is 0 Å². The van der Waals surface area contributed by atoms with E-state index in [-0.39, 0.29) is 5.82 Å². The third-order valence-electron chi connectivity index (χ3n) is 3.04. The van der Waals surface area contributed by atoms with Crippen LogP contribution in [-0.4, -0.2) is 25.0 Å². The van der Waals surface area contributed by atoms with Crippen LogP contribution < -0.4 is 5.32 Å². The molecule has 0 aliphatic carbocycles. The average molecular weight is 285 g/mol. The van der Waals surface area contributed by atoms with Gasteiger partial charge in [-0.1, -0.05) is 42.5 Å². The zero-order valence-corrected chi connectivity index (χ0v) is 12.4. The van der Waals surface area contributed by atoms with E-state index < -0.39 is 0 Å². The van der Waals surface area contributed by atoms with Gasteiger partial charge < -0.3 is 10.2 Å². The summed E-state index contributed by atoms with van der Waals surface area (Å²) in [5, 5.41) is 3.28. The van der Waals surface area contributed by atoms with Crippen molar-refractivity contribution < 1.29 is 4.39 Å².